The lowest BCUT2D eigenvalue weighted by Gasteiger charge is -2.09. The molecule has 0 N–H and O–H groups in total. The number of rotatable bonds is 5. The second-order valence-electron chi connectivity index (χ2n) is 5.24. The second-order valence-corrected chi connectivity index (χ2v) is 8.19. The Morgan fingerprint density at radius 1 is 1.13 bits per heavy atom. The van der Waals surface area contributed by atoms with E-state index in [1.807, 2.05) is 44.2 Å². The maximum Gasteiger partial charge on any atom is 0.250 e. The predicted octanol–water partition coefficient (Wildman–Crippen LogP) is 2.35. The number of hydrogen-bond acceptors (Lipinski definition) is 7. The third kappa shape index (κ3) is 3.30. The van der Waals surface area contributed by atoms with Gasteiger partial charge in [-0.05, 0) is 13.8 Å². The third-order valence-electron chi connectivity index (χ3n) is 3.18. The highest BCUT2D eigenvalue weighted by Gasteiger charge is 2.25. The standard InChI is InChI=1S/C14H15N5O2S2/c1-10(2)19-9-15-18-14(19)23(20,21)8-12-16-17-13(22-12)11-6-4-3-5-7-11/h3-7,9-10H,8H2,1-2H3. The first-order valence-electron chi connectivity index (χ1n) is 6.97. The summed E-state index contributed by atoms with van der Waals surface area (Å²) in [5.41, 5.74) is 0.916. The van der Waals surface area contributed by atoms with Gasteiger partial charge < -0.3 is 4.57 Å². The molecule has 0 unspecified atom stereocenters. The number of benzene rings is 1. The van der Waals surface area contributed by atoms with Gasteiger partial charge in [-0.25, -0.2) is 8.42 Å². The molecule has 120 valence electrons. The van der Waals surface area contributed by atoms with Gasteiger partial charge in [0.1, 0.15) is 22.1 Å². The van der Waals surface area contributed by atoms with Crippen LogP contribution in [-0.2, 0) is 15.6 Å². The molecule has 7 nitrogen and oxygen atoms in total. The predicted molar refractivity (Wildman–Crippen MR) is 86.6 cm³/mol. The normalized spacial score (nSPS) is 12.0. The average Bonchev–Trinajstić information content (AvgIpc) is 3.16. The van der Waals surface area contributed by atoms with Gasteiger partial charge in [0.15, 0.2) is 0 Å². The molecule has 0 radical (unpaired) electrons. The molecule has 3 aromatic rings. The fraction of sp³-hybridized carbons (Fsp3) is 0.286. The third-order valence-corrected chi connectivity index (χ3v) is 5.83. The van der Waals surface area contributed by atoms with Crippen LogP contribution in [0.2, 0.25) is 0 Å². The molecule has 0 fully saturated rings. The minimum Gasteiger partial charge on any atom is -0.302 e. The zero-order valence-electron chi connectivity index (χ0n) is 12.6. The molecule has 2 aromatic heterocycles. The van der Waals surface area contributed by atoms with Gasteiger partial charge in [0.2, 0.25) is 15.0 Å². The summed E-state index contributed by atoms with van der Waals surface area (Å²) in [5.74, 6) is -0.233. The first-order chi connectivity index (χ1) is 11.0. The quantitative estimate of drug-likeness (QED) is 0.702. The Labute approximate surface area is 138 Å². The molecule has 0 aliphatic carbocycles. The Morgan fingerprint density at radius 3 is 2.57 bits per heavy atom. The largest absolute Gasteiger partial charge is 0.302 e. The smallest absolute Gasteiger partial charge is 0.250 e. The summed E-state index contributed by atoms with van der Waals surface area (Å²) in [5, 5.41) is 16.6. The molecule has 0 amide bonds. The topological polar surface area (TPSA) is 90.6 Å². The van der Waals surface area contributed by atoms with Gasteiger partial charge in [0, 0.05) is 11.6 Å². The Kier molecular flexibility index (Phi) is 4.22. The molecule has 0 aliphatic heterocycles. The van der Waals surface area contributed by atoms with E-state index < -0.39 is 9.84 Å². The number of hydrogen-bond donors (Lipinski definition) is 0. The van der Waals surface area contributed by atoms with Crippen LogP contribution in [-0.4, -0.2) is 33.4 Å². The summed E-state index contributed by atoms with van der Waals surface area (Å²) in [6.45, 7) is 3.75. The van der Waals surface area contributed by atoms with E-state index in [0.717, 1.165) is 5.56 Å². The second kappa shape index (κ2) is 6.17. The van der Waals surface area contributed by atoms with E-state index in [0.29, 0.717) is 10.0 Å². The van der Waals surface area contributed by atoms with E-state index in [1.165, 1.54) is 22.2 Å². The van der Waals surface area contributed by atoms with Crippen molar-refractivity contribution in [2.24, 2.45) is 0 Å². The van der Waals surface area contributed by atoms with Crippen molar-refractivity contribution < 1.29 is 8.42 Å². The first kappa shape index (κ1) is 15.8. The van der Waals surface area contributed by atoms with Crippen LogP contribution in [0.5, 0.6) is 0 Å². The van der Waals surface area contributed by atoms with E-state index in [1.54, 1.807) is 0 Å². The Hall–Kier alpha value is -2.13. The highest BCUT2D eigenvalue weighted by molar-refractivity contribution is 7.90. The number of aromatic nitrogens is 5. The van der Waals surface area contributed by atoms with Crippen molar-refractivity contribution in [3.63, 3.8) is 0 Å². The van der Waals surface area contributed by atoms with E-state index in [4.69, 9.17) is 0 Å². The first-order valence-corrected chi connectivity index (χ1v) is 9.44. The van der Waals surface area contributed by atoms with Crippen LogP contribution < -0.4 is 0 Å². The summed E-state index contributed by atoms with van der Waals surface area (Å²) in [4.78, 5) is 0. The molecule has 0 aliphatic rings. The minimum absolute atomic E-state index is 0.0379. The molecule has 0 bridgehead atoms. The molecule has 0 spiro atoms. The van der Waals surface area contributed by atoms with Crippen molar-refractivity contribution in [2.45, 2.75) is 30.8 Å². The van der Waals surface area contributed by atoms with Crippen molar-refractivity contribution in [3.05, 3.63) is 41.7 Å². The van der Waals surface area contributed by atoms with Gasteiger partial charge in [-0.1, -0.05) is 41.7 Å². The van der Waals surface area contributed by atoms with Gasteiger partial charge in [0.25, 0.3) is 0 Å². The van der Waals surface area contributed by atoms with Crippen LogP contribution in [0.4, 0.5) is 0 Å². The van der Waals surface area contributed by atoms with E-state index >= 15 is 0 Å². The molecule has 23 heavy (non-hydrogen) atoms. The molecule has 9 heteroatoms. The van der Waals surface area contributed by atoms with E-state index in [-0.39, 0.29) is 17.0 Å². The molecule has 0 saturated heterocycles. The Bertz CT molecular complexity index is 900. The van der Waals surface area contributed by atoms with E-state index in [2.05, 4.69) is 20.4 Å². The van der Waals surface area contributed by atoms with Gasteiger partial charge in [-0.15, -0.1) is 20.4 Å². The van der Waals surface area contributed by atoms with Gasteiger partial charge in [-0.3, -0.25) is 0 Å². The van der Waals surface area contributed by atoms with E-state index in [9.17, 15) is 8.42 Å². The fourth-order valence-electron chi connectivity index (χ4n) is 2.05. The highest BCUT2D eigenvalue weighted by atomic mass is 32.2. The van der Waals surface area contributed by atoms with Crippen molar-refractivity contribution in [2.75, 3.05) is 0 Å². The summed E-state index contributed by atoms with van der Waals surface area (Å²) >= 11 is 1.27. The molecular weight excluding hydrogens is 334 g/mol. The van der Waals surface area contributed by atoms with Crippen LogP contribution in [0.3, 0.4) is 0 Å². The zero-order valence-corrected chi connectivity index (χ0v) is 14.3. The number of nitrogens with zero attached hydrogens (tertiary/aromatic N) is 5. The Morgan fingerprint density at radius 2 is 1.87 bits per heavy atom. The molecule has 3 rings (SSSR count). The van der Waals surface area contributed by atoms with Crippen molar-refractivity contribution in [3.8, 4) is 10.6 Å². The number of sulfone groups is 1. The molecule has 0 saturated carbocycles. The summed E-state index contributed by atoms with van der Waals surface area (Å²) in [6.07, 6.45) is 1.42. The van der Waals surface area contributed by atoms with Crippen LogP contribution in [0.15, 0.2) is 41.8 Å². The minimum atomic E-state index is -3.62. The summed E-state index contributed by atoms with van der Waals surface area (Å²) in [7, 11) is -3.62. The van der Waals surface area contributed by atoms with Crippen molar-refractivity contribution in [1.29, 1.82) is 0 Å². The maximum absolute atomic E-state index is 12.5. The molecule has 1 aromatic carbocycles. The van der Waals surface area contributed by atoms with Crippen LogP contribution in [0, 0.1) is 0 Å². The van der Waals surface area contributed by atoms with Gasteiger partial charge >= 0.3 is 0 Å². The Balaban J connectivity index is 1.87. The molecular formula is C14H15N5O2S2. The zero-order chi connectivity index (χ0) is 16.4. The lowest BCUT2D eigenvalue weighted by atomic mass is 10.2. The molecule has 0 atom stereocenters. The lowest BCUT2D eigenvalue weighted by Crippen LogP contribution is -2.14. The van der Waals surface area contributed by atoms with Crippen LogP contribution in [0.25, 0.3) is 10.6 Å². The summed E-state index contributed by atoms with van der Waals surface area (Å²) in [6, 6.07) is 9.50. The lowest BCUT2D eigenvalue weighted by molar-refractivity contribution is 0.519. The average molecular weight is 349 g/mol. The summed E-state index contributed by atoms with van der Waals surface area (Å²) < 4.78 is 26.6. The van der Waals surface area contributed by atoms with Crippen LogP contribution >= 0.6 is 11.3 Å². The maximum atomic E-state index is 12.5. The van der Waals surface area contributed by atoms with Crippen LogP contribution in [0.1, 0.15) is 24.9 Å². The van der Waals surface area contributed by atoms with Gasteiger partial charge in [-0.2, -0.15) is 0 Å². The fourth-order valence-corrected chi connectivity index (χ4v) is 4.65. The van der Waals surface area contributed by atoms with Crippen molar-refractivity contribution >= 4 is 21.2 Å². The molecule has 2 heterocycles. The monoisotopic (exact) mass is 349 g/mol. The van der Waals surface area contributed by atoms with Crippen molar-refractivity contribution in [1.82, 2.24) is 25.0 Å². The highest BCUT2D eigenvalue weighted by Crippen LogP contribution is 2.25. The van der Waals surface area contributed by atoms with Gasteiger partial charge in [0.05, 0.1) is 0 Å². The SMILES string of the molecule is CC(C)n1cnnc1S(=O)(=O)Cc1nnc(-c2ccccc2)s1.